The standard InChI is InChI=1S/C53H87N3O5/c1-50(2,3)41-31-39(47(58)43(33-41)52(7,8)9)35-54-45-37-56(38-46(45)55-36-40-32-42(51(4,5)6)34-44(48(40)59)53(10,11)12)49(60)61-30-28-26-24-22-20-18-16-14-13-15-17-19-21-23-25-27-29-57/h31-36,45-46,57-59H,13-30,37-38H2,1-12H3/t45-,46-/m1/s1. The number of nitrogens with zero attached hydrogens (tertiary/aromatic N) is 3. The molecule has 1 fully saturated rings. The topological polar surface area (TPSA) is 115 Å². The molecule has 2 aromatic carbocycles. The van der Waals surface area contributed by atoms with Crippen LogP contribution >= 0.6 is 0 Å². The minimum Gasteiger partial charge on any atom is -0.507 e. The van der Waals surface area contributed by atoms with Crippen molar-refractivity contribution in [2.24, 2.45) is 9.98 Å². The molecule has 1 saturated heterocycles. The van der Waals surface area contributed by atoms with Crippen molar-refractivity contribution in [1.82, 2.24) is 4.90 Å². The highest BCUT2D eigenvalue weighted by Gasteiger charge is 2.36. The second-order valence-electron chi connectivity index (χ2n) is 22.0. The van der Waals surface area contributed by atoms with Crippen molar-refractivity contribution in [3.8, 4) is 11.5 Å². The summed E-state index contributed by atoms with van der Waals surface area (Å²) in [7, 11) is 0. The summed E-state index contributed by atoms with van der Waals surface area (Å²) in [6.45, 7) is 27.0. The Morgan fingerprint density at radius 3 is 1.20 bits per heavy atom. The molecule has 0 radical (unpaired) electrons. The molecule has 3 N–H and O–H groups in total. The van der Waals surface area contributed by atoms with E-state index in [0.29, 0.717) is 37.4 Å². The van der Waals surface area contributed by atoms with Gasteiger partial charge in [-0.1, -0.05) is 185 Å². The number of aliphatic hydroxyl groups is 1. The number of ether oxygens (including phenoxy) is 1. The third-order valence-corrected chi connectivity index (χ3v) is 12.2. The summed E-state index contributed by atoms with van der Waals surface area (Å²) in [4.78, 5) is 25.3. The number of aliphatic imine (C=N–C) groups is 2. The zero-order valence-electron chi connectivity index (χ0n) is 40.8. The lowest BCUT2D eigenvalue weighted by molar-refractivity contribution is 0.108. The predicted octanol–water partition coefficient (Wildman–Crippen LogP) is 13.2. The van der Waals surface area contributed by atoms with Crippen LogP contribution in [0.15, 0.2) is 34.3 Å². The smallest absolute Gasteiger partial charge is 0.409 e. The first-order valence-corrected chi connectivity index (χ1v) is 23.9. The first-order chi connectivity index (χ1) is 28.5. The van der Waals surface area contributed by atoms with Gasteiger partial charge >= 0.3 is 6.09 Å². The largest absolute Gasteiger partial charge is 0.507 e. The van der Waals surface area contributed by atoms with Crippen LogP contribution < -0.4 is 0 Å². The highest BCUT2D eigenvalue weighted by atomic mass is 16.6. The number of phenolic OH excluding ortho intramolecular Hbond substituents is 2. The van der Waals surface area contributed by atoms with E-state index in [9.17, 15) is 15.0 Å². The van der Waals surface area contributed by atoms with E-state index in [4.69, 9.17) is 19.8 Å². The Morgan fingerprint density at radius 1 is 0.557 bits per heavy atom. The van der Waals surface area contributed by atoms with Gasteiger partial charge in [0.2, 0.25) is 0 Å². The Labute approximate surface area is 372 Å². The number of amides is 1. The average molecular weight is 846 g/mol. The summed E-state index contributed by atoms with van der Waals surface area (Å²) < 4.78 is 5.82. The van der Waals surface area contributed by atoms with Crippen molar-refractivity contribution in [2.45, 2.75) is 220 Å². The molecule has 344 valence electrons. The van der Waals surface area contributed by atoms with E-state index in [0.717, 1.165) is 54.4 Å². The summed E-state index contributed by atoms with van der Waals surface area (Å²) in [6.07, 6.45) is 22.7. The van der Waals surface area contributed by atoms with Crippen LogP contribution in [0.4, 0.5) is 4.79 Å². The molecule has 1 amide bonds. The monoisotopic (exact) mass is 846 g/mol. The molecule has 0 spiro atoms. The minimum atomic E-state index is -0.373. The van der Waals surface area contributed by atoms with Gasteiger partial charge in [0.25, 0.3) is 0 Å². The first-order valence-electron chi connectivity index (χ1n) is 23.9. The Bertz CT molecular complexity index is 1600. The van der Waals surface area contributed by atoms with Gasteiger partial charge in [0.1, 0.15) is 11.5 Å². The first kappa shape index (κ1) is 52.0. The van der Waals surface area contributed by atoms with Gasteiger partial charge in [-0.05, 0) is 57.8 Å². The van der Waals surface area contributed by atoms with E-state index < -0.39 is 0 Å². The van der Waals surface area contributed by atoms with Crippen LogP contribution in [-0.2, 0) is 26.4 Å². The molecule has 0 saturated carbocycles. The summed E-state index contributed by atoms with van der Waals surface area (Å²) in [5.74, 6) is 0.446. The average Bonchev–Trinajstić information content (AvgIpc) is 3.57. The Hall–Kier alpha value is -3.39. The van der Waals surface area contributed by atoms with Crippen LogP contribution in [-0.4, -0.2) is 77.1 Å². The van der Waals surface area contributed by atoms with Crippen LogP contribution in [0.25, 0.3) is 0 Å². The number of unbranched alkanes of at least 4 members (excludes halogenated alkanes) is 15. The molecule has 61 heavy (non-hydrogen) atoms. The number of carbonyl (C=O) groups excluding carboxylic acids is 1. The van der Waals surface area contributed by atoms with Crippen molar-refractivity contribution in [1.29, 1.82) is 0 Å². The van der Waals surface area contributed by atoms with Crippen molar-refractivity contribution < 1.29 is 24.9 Å². The van der Waals surface area contributed by atoms with Crippen LogP contribution in [0.5, 0.6) is 11.5 Å². The van der Waals surface area contributed by atoms with Gasteiger partial charge in [0.05, 0.1) is 18.7 Å². The number of phenols is 2. The number of aromatic hydroxyl groups is 2. The summed E-state index contributed by atoms with van der Waals surface area (Å²) >= 11 is 0. The van der Waals surface area contributed by atoms with Crippen LogP contribution in [0.1, 0.15) is 219 Å². The van der Waals surface area contributed by atoms with E-state index in [-0.39, 0.29) is 51.3 Å². The van der Waals surface area contributed by atoms with Gasteiger partial charge in [-0.2, -0.15) is 0 Å². The lowest BCUT2D eigenvalue weighted by Crippen LogP contribution is -2.30. The number of benzene rings is 2. The molecule has 0 bridgehead atoms. The third-order valence-electron chi connectivity index (χ3n) is 12.2. The molecule has 8 heteroatoms. The van der Waals surface area contributed by atoms with Crippen molar-refractivity contribution in [2.75, 3.05) is 26.3 Å². The molecule has 1 heterocycles. The molecule has 8 nitrogen and oxygen atoms in total. The Kier molecular flexibility index (Phi) is 20.3. The number of likely N-dealkylation sites (tertiary alicyclic amines) is 1. The van der Waals surface area contributed by atoms with Gasteiger partial charge in [0.15, 0.2) is 0 Å². The molecular weight excluding hydrogens is 759 g/mol. The Morgan fingerprint density at radius 2 is 0.885 bits per heavy atom. The maximum Gasteiger partial charge on any atom is 0.409 e. The molecule has 0 unspecified atom stereocenters. The van der Waals surface area contributed by atoms with Crippen molar-refractivity contribution >= 4 is 18.5 Å². The zero-order chi connectivity index (χ0) is 45.4. The van der Waals surface area contributed by atoms with Crippen LogP contribution in [0.2, 0.25) is 0 Å². The van der Waals surface area contributed by atoms with Crippen molar-refractivity contribution in [3.05, 3.63) is 57.6 Å². The highest BCUT2D eigenvalue weighted by Crippen LogP contribution is 2.39. The number of hydrogen-bond acceptors (Lipinski definition) is 7. The number of carbonyl (C=O) groups is 1. The third kappa shape index (κ3) is 17.4. The maximum atomic E-state index is 13.5. The maximum absolute atomic E-state index is 13.5. The quantitative estimate of drug-likeness (QED) is 0.0806. The molecule has 0 aromatic heterocycles. The molecule has 2 atom stereocenters. The van der Waals surface area contributed by atoms with E-state index >= 15 is 0 Å². The molecular formula is C53H87N3O5. The van der Waals surface area contributed by atoms with Crippen LogP contribution in [0.3, 0.4) is 0 Å². The van der Waals surface area contributed by atoms with Gasteiger partial charge in [-0.15, -0.1) is 0 Å². The molecule has 1 aliphatic rings. The minimum absolute atomic E-state index is 0.131. The van der Waals surface area contributed by atoms with E-state index in [1.807, 2.05) is 12.1 Å². The highest BCUT2D eigenvalue weighted by molar-refractivity contribution is 5.86. The molecule has 2 aromatic rings. The second kappa shape index (κ2) is 23.9. The fourth-order valence-electron chi connectivity index (χ4n) is 8.02. The molecule has 3 rings (SSSR count). The molecule has 0 aliphatic carbocycles. The zero-order valence-corrected chi connectivity index (χ0v) is 40.8. The van der Waals surface area contributed by atoms with Gasteiger partial charge in [-0.25, -0.2) is 4.79 Å². The fourth-order valence-corrected chi connectivity index (χ4v) is 8.02. The second-order valence-corrected chi connectivity index (χ2v) is 22.0. The van der Waals surface area contributed by atoms with Gasteiger partial charge in [-0.3, -0.25) is 9.98 Å². The SMILES string of the molecule is CC(C)(C)c1cc(C=N[C@@H]2CN(C(=O)OCCCCCCCCCCCCCCCCCCO)C[C@H]2N=Cc2cc(C(C)(C)C)cc(C(C)(C)C)c2O)c(O)c(C(C)(C)C)c1. The number of aliphatic hydroxyl groups excluding tert-OH is 1. The predicted molar refractivity (Wildman–Crippen MR) is 258 cm³/mol. The summed E-state index contributed by atoms with van der Waals surface area (Å²) in [5.41, 5.74) is 4.47. The number of rotatable bonds is 22. The fraction of sp³-hybridized carbons (Fsp3) is 0.717. The lowest BCUT2D eigenvalue weighted by Gasteiger charge is -2.27. The number of hydrogen-bond donors (Lipinski definition) is 3. The van der Waals surface area contributed by atoms with Crippen LogP contribution in [0, 0.1) is 0 Å². The van der Waals surface area contributed by atoms with E-state index in [1.165, 1.54) is 70.6 Å². The summed E-state index contributed by atoms with van der Waals surface area (Å²) in [6, 6.07) is 7.50. The Balaban J connectivity index is 1.65. The van der Waals surface area contributed by atoms with E-state index in [1.54, 1.807) is 17.3 Å². The van der Waals surface area contributed by atoms with E-state index in [2.05, 4.69) is 95.2 Å². The summed E-state index contributed by atoms with van der Waals surface area (Å²) in [5, 5.41) is 31.9. The molecule has 1 aliphatic heterocycles. The van der Waals surface area contributed by atoms with Crippen molar-refractivity contribution in [3.63, 3.8) is 0 Å². The lowest BCUT2D eigenvalue weighted by atomic mass is 9.79. The van der Waals surface area contributed by atoms with Gasteiger partial charge < -0.3 is 25.0 Å². The normalized spacial score (nSPS) is 16.7. The van der Waals surface area contributed by atoms with Gasteiger partial charge in [0, 0.05) is 54.4 Å².